The van der Waals surface area contributed by atoms with Crippen LogP contribution in [0.15, 0.2) is 83.2 Å². The van der Waals surface area contributed by atoms with E-state index in [9.17, 15) is 4.79 Å². The maximum atomic E-state index is 13.5. The molecule has 0 spiro atoms. The summed E-state index contributed by atoms with van der Waals surface area (Å²) in [5.41, 5.74) is 5.00. The molecule has 0 aromatic heterocycles. The molecule has 3 aromatic rings. The first-order valence-corrected chi connectivity index (χ1v) is 16.8. The van der Waals surface area contributed by atoms with Crippen LogP contribution in [0.25, 0.3) is 6.08 Å². The minimum absolute atomic E-state index is 0.0431. The predicted molar refractivity (Wildman–Crippen MR) is 188 cm³/mol. The van der Waals surface area contributed by atoms with Crippen LogP contribution in [0.5, 0.6) is 11.5 Å². The lowest BCUT2D eigenvalue weighted by Crippen LogP contribution is -2.29. The van der Waals surface area contributed by atoms with Crippen LogP contribution in [0.3, 0.4) is 0 Å². The lowest BCUT2D eigenvalue weighted by Gasteiger charge is -2.28. The number of anilines is 1. The fraction of sp³-hybridized carbons (Fsp3) is 0.314. The highest BCUT2D eigenvalue weighted by molar-refractivity contribution is 14.1. The Balaban J connectivity index is 1.39. The minimum Gasteiger partial charge on any atom is -0.490 e. The van der Waals surface area contributed by atoms with Gasteiger partial charge in [0.15, 0.2) is 16.7 Å². The third-order valence-corrected chi connectivity index (χ3v) is 9.14. The largest absolute Gasteiger partial charge is 0.490 e. The molecule has 2 fully saturated rings. The van der Waals surface area contributed by atoms with Crippen molar-refractivity contribution >= 4 is 62.9 Å². The van der Waals surface area contributed by atoms with Gasteiger partial charge in [-0.2, -0.15) is 0 Å². The van der Waals surface area contributed by atoms with Crippen molar-refractivity contribution in [3.05, 3.63) is 98.5 Å². The fourth-order valence-corrected chi connectivity index (χ4v) is 6.68. The maximum absolute atomic E-state index is 13.5. The van der Waals surface area contributed by atoms with E-state index in [2.05, 4.69) is 76.5 Å². The summed E-state index contributed by atoms with van der Waals surface area (Å²) in [6, 6.07) is 20.6. The third kappa shape index (κ3) is 7.84. The number of carbonyl (C=O) groups excluding carboxylic acids is 1. The first-order valence-electron chi connectivity index (χ1n) is 14.9. The Kier molecular flexibility index (Phi) is 10.9. The van der Waals surface area contributed by atoms with Crippen molar-refractivity contribution in [2.24, 2.45) is 4.99 Å². The average Bonchev–Trinajstić information content (AvgIpc) is 3.31. The van der Waals surface area contributed by atoms with Crippen LogP contribution in [0, 0.1) is 3.57 Å². The normalized spacial score (nSPS) is 17.1. The Labute approximate surface area is 273 Å². The summed E-state index contributed by atoms with van der Waals surface area (Å²) in [4.78, 5) is 23.1. The molecule has 8 heteroatoms. The number of allylic oxidation sites excluding steroid dienone is 1. The lowest BCUT2D eigenvalue weighted by molar-refractivity contribution is -0.122. The first kappa shape index (κ1) is 31.2. The number of halogens is 1. The number of thioether (sulfide) groups is 1. The standard InChI is InChI=1S/C35H38IN3O3S/c1-4-10-27-21-26(22-31(41-6-3)33(27)42-24-25-11-13-28(36)14-12-25)23-32-34(40)39(5-2)35(43-32)37-29-15-17-30(18-16-29)38-19-8-7-9-20-38/h4,11-18,21-23H,1,5-10,19-20,24H2,2-3H3/b32-23-,37-35?. The molecule has 0 radical (unpaired) electrons. The molecule has 2 aliphatic heterocycles. The number of amidine groups is 1. The van der Waals surface area contributed by atoms with Crippen LogP contribution in [0.4, 0.5) is 11.4 Å². The van der Waals surface area contributed by atoms with E-state index in [1.54, 1.807) is 4.90 Å². The van der Waals surface area contributed by atoms with Crippen molar-refractivity contribution in [3.63, 3.8) is 0 Å². The van der Waals surface area contributed by atoms with E-state index in [1.807, 2.05) is 44.2 Å². The van der Waals surface area contributed by atoms with Crippen molar-refractivity contribution in [1.82, 2.24) is 4.90 Å². The van der Waals surface area contributed by atoms with Crippen LogP contribution in [-0.4, -0.2) is 42.2 Å². The number of benzene rings is 3. The number of ether oxygens (including phenoxy) is 2. The average molecular weight is 708 g/mol. The highest BCUT2D eigenvalue weighted by Crippen LogP contribution is 2.38. The number of carbonyl (C=O) groups is 1. The van der Waals surface area contributed by atoms with Gasteiger partial charge in [-0.25, -0.2) is 4.99 Å². The van der Waals surface area contributed by atoms with Gasteiger partial charge in [-0.15, -0.1) is 6.58 Å². The van der Waals surface area contributed by atoms with Gasteiger partial charge < -0.3 is 14.4 Å². The molecular weight excluding hydrogens is 669 g/mol. The van der Waals surface area contributed by atoms with Gasteiger partial charge in [0.1, 0.15) is 6.61 Å². The van der Waals surface area contributed by atoms with E-state index >= 15 is 0 Å². The Hall–Kier alpha value is -3.24. The number of amides is 1. The predicted octanol–water partition coefficient (Wildman–Crippen LogP) is 8.61. The molecule has 5 rings (SSSR count). The van der Waals surface area contributed by atoms with Crippen LogP contribution in [-0.2, 0) is 17.8 Å². The molecule has 0 unspecified atom stereocenters. The van der Waals surface area contributed by atoms with E-state index in [4.69, 9.17) is 14.5 Å². The maximum Gasteiger partial charge on any atom is 0.266 e. The van der Waals surface area contributed by atoms with Crippen molar-refractivity contribution in [2.75, 3.05) is 31.1 Å². The molecule has 0 saturated carbocycles. The second kappa shape index (κ2) is 15.0. The Morgan fingerprint density at radius 1 is 1.00 bits per heavy atom. The molecule has 6 nitrogen and oxygen atoms in total. The van der Waals surface area contributed by atoms with Crippen LogP contribution < -0.4 is 14.4 Å². The van der Waals surface area contributed by atoms with Gasteiger partial charge in [0.05, 0.1) is 17.2 Å². The topological polar surface area (TPSA) is 54.4 Å². The van der Waals surface area contributed by atoms with E-state index in [1.165, 1.54) is 40.3 Å². The molecule has 2 aliphatic rings. The second-order valence-corrected chi connectivity index (χ2v) is 12.7. The summed E-state index contributed by atoms with van der Waals surface area (Å²) >= 11 is 3.71. The SMILES string of the molecule is C=CCc1cc(/C=C2\SC(=Nc3ccc(N4CCCCC4)cc3)N(CC)C2=O)cc(OCC)c1OCc1ccc(I)cc1. The van der Waals surface area contributed by atoms with Crippen LogP contribution in [0.1, 0.15) is 49.8 Å². The van der Waals surface area contributed by atoms with Crippen molar-refractivity contribution in [2.45, 2.75) is 46.1 Å². The van der Waals surface area contributed by atoms with Gasteiger partial charge >= 0.3 is 0 Å². The number of rotatable bonds is 11. The first-order chi connectivity index (χ1) is 21.0. The summed E-state index contributed by atoms with van der Waals surface area (Å²) < 4.78 is 13.5. The molecule has 3 aromatic carbocycles. The van der Waals surface area contributed by atoms with Crippen molar-refractivity contribution < 1.29 is 14.3 Å². The van der Waals surface area contributed by atoms with Crippen LogP contribution in [0.2, 0.25) is 0 Å². The molecule has 43 heavy (non-hydrogen) atoms. The van der Waals surface area contributed by atoms with E-state index in [-0.39, 0.29) is 5.91 Å². The molecular formula is C35H38IN3O3S. The van der Waals surface area contributed by atoms with Crippen LogP contribution >= 0.6 is 34.4 Å². The van der Waals surface area contributed by atoms with Gasteiger partial charge in [-0.1, -0.05) is 18.2 Å². The third-order valence-electron chi connectivity index (χ3n) is 7.41. The summed E-state index contributed by atoms with van der Waals surface area (Å²) in [6.07, 6.45) is 8.19. The summed E-state index contributed by atoms with van der Waals surface area (Å²) in [5, 5.41) is 0.693. The Bertz CT molecular complexity index is 1500. The molecule has 0 aliphatic carbocycles. The van der Waals surface area contributed by atoms with Gasteiger partial charge in [0, 0.05) is 34.5 Å². The number of hydrogen-bond donors (Lipinski definition) is 0. The summed E-state index contributed by atoms with van der Waals surface area (Å²) in [5.74, 6) is 1.32. The molecule has 0 N–H and O–H groups in total. The summed E-state index contributed by atoms with van der Waals surface area (Å²) in [7, 11) is 0. The highest BCUT2D eigenvalue weighted by atomic mass is 127. The second-order valence-electron chi connectivity index (χ2n) is 10.5. The van der Waals surface area contributed by atoms with Gasteiger partial charge in [0.25, 0.3) is 5.91 Å². The Morgan fingerprint density at radius 2 is 1.74 bits per heavy atom. The van der Waals surface area contributed by atoms with Gasteiger partial charge in [0.2, 0.25) is 0 Å². The monoisotopic (exact) mass is 707 g/mol. The van der Waals surface area contributed by atoms with Crippen molar-refractivity contribution in [3.8, 4) is 11.5 Å². The number of likely N-dealkylation sites (N-methyl/N-ethyl adjacent to an activating group) is 1. The fourth-order valence-electron chi connectivity index (χ4n) is 5.26. The molecule has 0 atom stereocenters. The molecule has 2 saturated heterocycles. The molecule has 1 amide bonds. The van der Waals surface area contributed by atoms with E-state index in [0.717, 1.165) is 35.5 Å². The summed E-state index contributed by atoms with van der Waals surface area (Å²) in [6.45, 7) is 11.6. The highest BCUT2D eigenvalue weighted by Gasteiger charge is 2.32. The minimum atomic E-state index is -0.0431. The molecule has 0 bridgehead atoms. The number of aliphatic imine (C=N–C) groups is 1. The number of hydrogen-bond acceptors (Lipinski definition) is 6. The zero-order valence-electron chi connectivity index (χ0n) is 24.9. The molecule has 2 heterocycles. The van der Waals surface area contributed by atoms with Gasteiger partial charge in [-0.3, -0.25) is 9.69 Å². The number of piperidine rings is 1. The number of nitrogens with zero attached hydrogens (tertiary/aromatic N) is 3. The van der Waals surface area contributed by atoms with Crippen molar-refractivity contribution in [1.29, 1.82) is 0 Å². The quantitative estimate of drug-likeness (QED) is 0.114. The Morgan fingerprint density at radius 3 is 2.42 bits per heavy atom. The zero-order chi connectivity index (χ0) is 30.2. The van der Waals surface area contributed by atoms with E-state index in [0.29, 0.717) is 47.8 Å². The lowest BCUT2D eigenvalue weighted by atomic mass is 10.0. The van der Waals surface area contributed by atoms with Gasteiger partial charge in [-0.05, 0) is 140 Å². The zero-order valence-corrected chi connectivity index (χ0v) is 27.8. The smallest absolute Gasteiger partial charge is 0.266 e. The van der Waals surface area contributed by atoms with E-state index < -0.39 is 0 Å². The molecule has 224 valence electrons.